The lowest BCUT2D eigenvalue weighted by Gasteiger charge is -2.23. The number of benzene rings is 3. The molecule has 0 radical (unpaired) electrons. The zero-order chi connectivity index (χ0) is 17.6. The minimum atomic E-state index is -0.985. The molecular formula is C21H17NO3. The Kier molecular flexibility index (Phi) is 3.46. The van der Waals surface area contributed by atoms with Crippen LogP contribution in [-0.2, 0) is 0 Å². The van der Waals surface area contributed by atoms with E-state index in [0.717, 1.165) is 16.8 Å². The molecule has 4 heteroatoms. The Balaban J connectivity index is 1.77. The predicted molar refractivity (Wildman–Crippen MR) is 98.1 cm³/mol. The van der Waals surface area contributed by atoms with E-state index in [2.05, 4.69) is 37.4 Å². The molecule has 0 saturated carbocycles. The van der Waals surface area contributed by atoms with Crippen LogP contribution in [0.15, 0.2) is 54.6 Å². The smallest absolute Gasteiger partial charge is 0.337 e. The van der Waals surface area contributed by atoms with Crippen LogP contribution in [0.4, 0.5) is 11.4 Å². The molecule has 1 aliphatic rings. The molecule has 3 aromatic carbocycles. The van der Waals surface area contributed by atoms with Crippen LogP contribution in [0.5, 0.6) is 11.5 Å². The van der Waals surface area contributed by atoms with Gasteiger partial charge in [0.1, 0.15) is 0 Å². The van der Waals surface area contributed by atoms with Crippen molar-refractivity contribution < 1.29 is 14.6 Å². The molecule has 4 nitrogen and oxygen atoms in total. The third-order valence-corrected chi connectivity index (χ3v) is 4.56. The fourth-order valence-corrected chi connectivity index (χ4v) is 2.99. The third kappa shape index (κ3) is 2.62. The molecule has 1 aliphatic heterocycles. The van der Waals surface area contributed by atoms with Crippen LogP contribution in [0, 0.1) is 13.8 Å². The van der Waals surface area contributed by atoms with Crippen molar-refractivity contribution in [1.29, 1.82) is 0 Å². The van der Waals surface area contributed by atoms with Gasteiger partial charge < -0.3 is 15.2 Å². The summed E-state index contributed by atoms with van der Waals surface area (Å²) in [7, 11) is 0. The average Bonchev–Trinajstić information content (AvgIpc) is 2.61. The molecule has 0 saturated heterocycles. The van der Waals surface area contributed by atoms with E-state index >= 15 is 0 Å². The molecule has 2 N–H and O–H groups in total. The molecule has 25 heavy (non-hydrogen) atoms. The van der Waals surface area contributed by atoms with Crippen LogP contribution in [0.1, 0.15) is 21.5 Å². The molecule has 0 bridgehead atoms. The fourth-order valence-electron chi connectivity index (χ4n) is 2.99. The second-order valence-electron chi connectivity index (χ2n) is 6.22. The van der Waals surface area contributed by atoms with Gasteiger partial charge in [-0.05, 0) is 60.4 Å². The van der Waals surface area contributed by atoms with Gasteiger partial charge in [0.15, 0.2) is 11.5 Å². The average molecular weight is 331 g/mol. The topological polar surface area (TPSA) is 58.6 Å². The number of ether oxygens (including phenoxy) is 1. The Bertz CT molecular complexity index is 1010. The van der Waals surface area contributed by atoms with Gasteiger partial charge in [0, 0.05) is 0 Å². The van der Waals surface area contributed by atoms with Crippen molar-refractivity contribution in [2.24, 2.45) is 0 Å². The van der Waals surface area contributed by atoms with Crippen molar-refractivity contribution >= 4 is 17.3 Å². The Labute approximate surface area is 145 Å². The van der Waals surface area contributed by atoms with Crippen molar-refractivity contribution in [3.05, 3.63) is 71.3 Å². The number of rotatable bonds is 2. The van der Waals surface area contributed by atoms with E-state index in [9.17, 15) is 9.90 Å². The highest BCUT2D eigenvalue weighted by Gasteiger charge is 2.22. The Morgan fingerprint density at radius 3 is 2.44 bits per heavy atom. The van der Waals surface area contributed by atoms with E-state index in [-0.39, 0.29) is 5.56 Å². The highest BCUT2D eigenvalue weighted by Crippen LogP contribution is 2.44. The Morgan fingerprint density at radius 1 is 0.920 bits per heavy atom. The van der Waals surface area contributed by atoms with Crippen molar-refractivity contribution in [2.75, 3.05) is 5.32 Å². The van der Waals surface area contributed by atoms with Crippen LogP contribution < -0.4 is 10.1 Å². The number of para-hydroxylation sites is 1. The number of carbonyl (C=O) groups is 1. The molecule has 4 rings (SSSR count). The van der Waals surface area contributed by atoms with Crippen LogP contribution in [0.2, 0.25) is 0 Å². The van der Waals surface area contributed by atoms with E-state index < -0.39 is 5.97 Å². The molecule has 0 spiro atoms. The normalized spacial score (nSPS) is 11.8. The molecule has 0 fully saturated rings. The van der Waals surface area contributed by atoms with E-state index in [1.54, 1.807) is 18.2 Å². The van der Waals surface area contributed by atoms with Gasteiger partial charge in [0.05, 0.1) is 16.9 Å². The summed E-state index contributed by atoms with van der Waals surface area (Å²) in [6.45, 7) is 4.18. The van der Waals surface area contributed by atoms with Crippen molar-refractivity contribution in [3.63, 3.8) is 0 Å². The predicted octanol–water partition coefficient (Wildman–Crippen LogP) is 5.52. The molecule has 3 aromatic rings. The number of aryl methyl sites for hydroxylation is 2. The zero-order valence-corrected chi connectivity index (χ0v) is 14.0. The summed E-state index contributed by atoms with van der Waals surface area (Å²) in [4.78, 5) is 11.4. The van der Waals surface area contributed by atoms with Crippen LogP contribution >= 0.6 is 0 Å². The van der Waals surface area contributed by atoms with E-state index in [4.69, 9.17) is 4.74 Å². The van der Waals surface area contributed by atoms with Crippen molar-refractivity contribution in [1.82, 2.24) is 0 Å². The number of carboxylic acids is 1. The number of hydrogen-bond donors (Lipinski definition) is 2. The lowest BCUT2D eigenvalue weighted by Crippen LogP contribution is -2.08. The maximum atomic E-state index is 11.4. The number of fused-ring (bicyclic) bond motifs is 2. The minimum Gasteiger partial charge on any atom is -0.478 e. The first-order valence-corrected chi connectivity index (χ1v) is 8.06. The van der Waals surface area contributed by atoms with Gasteiger partial charge in [0.25, 0.3) is 0 Å². The summed E-state index contributed by atoms with van der Waals surface area (Å²) < 4.78 is 5.88. The molecule has 0 aromatic heterocycles. The van der Waals surface area contributed by atoms with Gasteiger partial charge in [-0.15, -0.1) is 0 Å². The van der Waals surface area contributed by atoms with Gasteiger partial charge >= 0.3 is 5.97 Å². The summed E-state index contributed by atoms with van der Waals surface area (Å²) in [6, 6.07) is 17.2. The number of anilines is 2. The molecule has 0 amide bonds. The van der Waals surface area contributed by atoms with Gasteiger partial charge in [-0.3, -0.25) is 0 Å². The van der Waals surface area contributed by atoms with Crippen LogP contribution in [-0.4, -0.2) is 11.1 Å². The van der Waals surface area contributed by atoms with Crippen molar-refractivity contribution in [2.45, 2.75) is 13.8 Å². The Morgan fingerprint density at radius 2 is 1.68 bits per heavy atom. The highest BCUT2D eigenvalue weighted by molar-refractivity contribution is 5.98. The Hall–Kier alpha value is -3.27. The summed E-state index contributed by atoms with van der Waals surface area (Å²) in [6.07, 6.45) is 0. The van der Waals surface area contributed by atoms with E-state index in [1.165, 1.54) is 11.1 Å². The fraction of sp³-hybridized carbons (Fsp3) is 0.0952. The van der Waals surface area contributed by atoms with Crippen LogP contribution in [0.3, 0.4) is 0 Å². The van der Waals surface area contributed by atoms with E-state index in [0.29, 0.717) is 17.2 Å². The van der Waals surface area contributed by atoms with Gasteiger partial charge in [0.2, 0.25) is 0 Å². The number of hydrogen-bond acceptors (Lipinski definition) is 3. The molecule has 0 aliphatic carbocycles. The second-order valence-corrected chi connectivity index (χ2v) is 6.22. The first-order valence-electron chi connectivity index (χ1n) is 8.06. The largest absolute Gasteiger partial charge is 0.478 e. The molecular weight excluding hydrogens is 314 g/mol. The minimum absolute atomic E-state index is 0.194. The first kappa shape index (κ1) is 15.3. The highest BCUT2D eigenvalue weighted by atomic mass is 16.5. The van der Waals surface area contributed by atoms with Gasteiger partial charge in [-0.1, -0.05) is 30.3 Å². The summed E-state index contributed by atoms with van der Waals surface area (Å²) in [5.41, 5.74) is 6.09. The number of aromatic carboxylic acids is 1. The summed E-state index contributed by atoms with van der Waals surface area (Å²) >= 11 is 0. The summed E-state index contributed by atoms with van der Waals surface area (Å²) in [5, 5.41) is 12.6. The monoisotopic (exact) mass is 331 g/mol. The zero-order valence-electron chi connectivity index (χ0n) is 14.0. The molecule has 0 atom stereocenters. The van der Waals surface area contributed by atoms with Crippen molar-refractivity contribution in [3.8, 4) is 22.6 Å². The lowest BCUT2D eigenvalue weighted by molar-refractivity contribution is 0.0697. The molecule has 124 valence electrons. The van der Waals surface area contributed by atoms with E-state index in [1.807, 2.05) is 18.2 Å². The summed E-state index contributed by atoms with van der Waals surface area (Å²) in [5.74, 6) is 0.218. The quantitative estimate of drug-likeness (QED) is 0.508. The maximum Gasteiger partial charge on any atom is 0.337 e. The van der Waals surface area contributed by atoms with Crippen LogP contribution in [0.25, 0.3) is 11.1 Å². The second kappa shape index (κ2) is 5.67. The van der Waals surface area contributed by atoms with Gasteiger partial charge in [-0.2, -0.15) is 0 Å². The number of nitrogens with one attached hydrogen (secondary N) is 1. The lowest BCUT2D eigenvalue weighted by atomic mass is 9.99. The van der Waals surface area contributed by atoms with Gasteiger partial charge in [-0.25, -0.2) is 4.79 Å². The third-order valence-electron chi connectivity index (χ3n) is 4.56. The molecule has 1 heterocycles. The number of carboxylic acid groups (broad SMARTS) is 1. The maximum absolute atomic E-state index is 11.4. The molecule has 0 unspecified atom stereocenters. The standard InChI is InChI=1S/C21H17NO3/c1-12-6-7-14(10-13(12)2)15-8-9-18-17(11-15)22-20-16(21(23)24)4-3-5-19(20)25-18/h3-11,22H,1-2H3,(H,23,24). The SMILES string of the molecule is Cc1ccc(-c2ccc3c(c2)Nc2c(cccc2C(=O)O)O3)cc1C. The first-order chi connectivity index (χ1) is 12.0.